The minimum Gasteiger partial charge on any atom is -0.392 e. The normalized spacial score (nSPS) is 10.1. The summed E-state index contributed by atoms with van der Waals surface area (Å²) in [6, 6.07) is 0. The summed E-state index contributed by atoms with van der Waals surface area (Å²) in [4.78, 5) is 21.7. The molecule has 16 heavy (non-hydrogen) atoms. The molecule has 0 aliphatic rings. The first kappa shape index (κ1) is 15.1. The molecule has 0 radical (unpaired) electrons. The fourth-order valence-electron chi connectivity index (χ4n) is 1.45. The number of rotatable bonds is 9. The Morgan fingerprint density at radius 2 is 1.50 bits per heavy atom. The molecule has 0 heterocycles. The molecule has 0 spiro atoms. The summed E-state index contributed by atoms with van der Waals surface area (Å²) in [7, 11) is 0. The molecule has 0 aromatic rings. The Morgan fingerprint density at radius 1 is 0.938 bits per heavy atom. The summed E-state index contributed by atoms with van der Waals surface area (Å²) < 4.78 is 4.44. The highest BCUT2D eigenvalue weighted by Gasteiger charge is 2.07. The zero-order valence-corrected chi connectivity index (χ0v) is 10.2. The lowest BCUT2D eigenvalue weighted by atomic mass is 10.1. The summed E-state index contributed by atoms with van der Waals surface area (Å²) in [6.07, 6.45) is 8.31. The van der Waals surface area contributed by atoms with Crippen LogP contribution in [0.15, 0.2) is 0 Å². The van der Waals surface area contributed by atoms with Gasteiger partial charge in [-0.2, -0.15) is 0 Å². The average Bonchev–Trinajstić information content (AvgIpc) is 2.27. The van der Waals surface area contributed by atoms with Crippen molar-refractivity contribution in [3.8, 4) is 0 Å². The largest absolute Gasteiger partial charge is 0.392 e. The maximum atomic E-state index is 11.0. The second kappa shape index (κ2) is 10.6. The van der Waals surface area contributed by atoms with E-state index in [0.29, 0.717) is 6.42 Å². The van der Waals surface area contributed by atoms with Gasteiger partial charge in [0, 0.05) is 6.42 Å². The van der Waals surface area contributed by atoms with E-state index in [1.807, 2.05) is 0 Å². The van der Waals surface area contributed by atoms with Gasteiger partial charge in [-0.15, -0.1) is 0 Å². The van der Waals surface area contributed by atoms with E-state index in [2.05, 4.69) is 11.7 Å². The van der Waals surface area contributed by atoms with Gasteiger partial charge in [-0.25, -0.2) is 0 Å². The Hall–Kier alpha value is -0.900. The highest BCUT2D eigenvalue weighted by atomic mass is 16.6. The van der Waals surface area contributed by atoms with Gasteiger partial charge in [0.2, 0.25) is 0 Å². The second-order valence-corrected chi connectivity index (χ2v) is 3.92. The number of hydrogen-bond acceptors (Lipinski definition) is 4. The molecule has 0 saturated heterocycles. The van der Waals surface area contributed by atoms with Gasteiger partial charge in [0.15, 0.2) is 0 Å². The third-order valence-corrected chi connectivity index (χ3v) is 2.38. The van der Waals surface area contributed by atoms with Crippen LogP contribution in [0, 0.1) is 0 Å². The molecule has 0 atom stereocenters. The van der Waals surface area contributed by atoms with E-state index >= 15 is 0 Å². The van der Waals surface area contributed by atoms with E-state index in [9.17, 15) is 9.59 Å². The Bertz CT molecular complexity index is 204. The van der Waals surface area contributed by atoms with Gasteiger partial charge >= 0.3 is 11.9 Å². The van der Waals surface area contributed by atoms with Crippen molar-refractivity contribution < 1.29 is 14.3 Å². The molecule has 0 aromatic heterocycles. The molecule has 0 bridgehead atoms. The van der Waals surface area contributed by atoms with Crippen molar-refractivity contribution in [2.24, 2.45) is 5.73 Å². The zero-order valence-electron chi connectivity index (χ0n) is 10.2. The highest BCUT2D eigenvalue weighted by Crippen LogP contribution is 2.08. The topological polar surface area (TPSA) is 69.4 Å². The van der Waals surface area contributed by atoms with Crippen LogP contribution >= 0.6 is 0 Å². The summed E-state index contributed by atoms with van der Waals surface area (Å²) in [6.45, 7) is 1.95. The lowest BCUT2D eigenvalue weighted by molar-refractivity contribution is -0.158. The lowest BCUT2D eigenvalue weighted by Crippen LogP contribution is -2.20. The first-order valence-corrected chi connectivity index (χ1v) is 6.14. The maximum absolute atomic E-state index is 11.0. The molecule has 0 aliphatic heterocycles. The molecule has 0 amide bonds. The highest BCUT2D eigenvalue weighted by molar-refractivity contribution is 5.86. The van der Waals surface area contributed by atoms with Crippen LogP contribution in [0.4, 0.5) is 0 Å². The van der Waals surface area contributed by atoms with Crippen LogP contribution < -0.4 is 5.73 Å². The fourth-order valence-corrected chi connectivity index (χ4v) is 1.45. The van der Waals surface area contributed by atoms with Crippen molar-refractivity contribution >= 4 is 11.9 Å². The van der Waals surface area contributed by atoms with Crippen LogP contribution in [0.1, 0.15) is 58.3 Å². The van der Waals surface area contributed by atoms with E-state index in [1.54, 1.807) is 0 Å². The molecule has 0 aromatic carbocycles. The number of esters is 2. The van der Waals surface area contributed by atoms with Gasteiger partial charge in [-0.05, 0) is 6.42 Å². The third kappa shape index (κ3) is 9.65. The first-order valence-electron chi connectivity index (χ1n) is 6.14. The van der Waals surface area contributed by atoms with Crippen molar-refractivity contribution in [3.63, 3.8) is 0 Å². The Morgan fingerprint density at radius 3 is 2.06 bits per heavy atom. The monoisotopic (exact) mass is 229 g/mol. The smallest absolute Gasteiger partial charge is 0.327 e. The van der Waals surface area contributed by atoms with Crippen molar-refractivity contribution in [1.82, 2.24) is 0 Å². The van der Waals surface area contributed by atoms with Gasteiger partial charge < -0.3 is 10.5 Å². The van der Waals surface area contributed by atoms with Gasteiger partial charge in [-0.3, -0.25) is 9.59 Å². The van der Waals surface area contributed by atoms with Gasteiger partial charge in [0.25, 0.3) is 0 Å². The van der Waals surface area contributed by atoms with Crippen LogP contribution in [-0.2, 0) is 14.3 Å². The predicted octanol–water partition coefficient (Wildman–Crippen LogP) is 2.16. The Labute approximate surface area is 97.5 Å². The van der Waals surface area contributed by atoms with Crippen LogP contribution in [-0.4, -0.2) is 18.5 Å². The Balaban J connectivity index is 3.24. The van der Waals surface area contributed by atoms with Crippen molar-refractivity contribution in [1.29, 1.82) is 0 Å². The molecule has 0 unspecified atom stereocenters. The van der Waals surface area contributed by atoms with Gasteiger partial charge in [-0.1, -0.05) is 45.4 Å². The standard InChI is InChI=1S/C12H23NO3/c1-2-3-4-5-6-7-8-9-11(14)16-12(15)10-13/h2-10,13H2,1H3. The predicted molar refractivity (Wildman–Crippen MR) is 62.8 cm³/mol. The zero-order chi connectivity index (χ0) is 12.2. The minimum atomic E-state index is -0.645. The maximum Gasteiger partial charge on any atom is 0.327 e. The average molecular weight is 229 g/mol. The summed E-state index contributed by atoms with van der Waals surface area (Å²) >= 11 is 0. The number of nitrogens with two attached hydrogens (primary N) is 1. The van der Waals surface area contributed by atoms with Crippen molar-refractivity contribution in [2.45, 2.75) is 58.3 Å². The lowest BCUT2D eigenvalue weighted by Gasteiger charge is -2.01. The number of carbonyl (C=O) groups excluding carboxylic acids is 2. The SMILES string of the molecule is CCCCCCCCCC(=O)OC(=O)CN. The van der Waals surface area contributed by atoms with E-state index < -0.39 is 11.9 Å². The van der Waals surface area contributed by atoms with E-state index in [4.69, 9.17) is 5.73 Å². The summed E-state index contributed by atoms with van der Waals surface area (Å²) in [5.74, 6) is -1.10. The fraction of sp³-hybridized carbons (Fsp3) is 0.833. The van der Waals surface area contributed by atoms with Gasteiger partial charge in [0.1, 0.15) is 0 Å². The third-order valence-electron chi connectivity index (χ3n) is 2.38. The number of ether oxygens (including phenoxy) is 1. The molecule has 94 valence electrons. The van der Waals surface area contributed by atoms with Crippen molar-refractivity contribution in [3.05, 3.63) is 0 Å². The molecular formula is C12H23NO3. The van der Waals surface area contributed by atoms with E-state index in [0.717, 1.165) is 19.3 Å². The van der Waals surface area contributed by atoms with E-state index in [1.165, 1.54) is 25.7 Å². The molecule has 0 aliphatic carbocycles. The molecule has 0 fully saturated rings. The van der Waals surface area contributed by atoms with Crippen molar-refractivity contribution in [2.75, 3.05) is 6.54 Å². The molecule has 4 nitrogen and oxygen atoms in total. The molecular weight excluding hydrogens is 206 g/mol. The van der Waals surface area contributed by atoms with Crippen LogP contribution in [0.5, 0.6) is 0 Å². The number of unbranched alkanes of at least 4 members (excludes halogenated alkanes) is 6. The van der Waals surface area contributed by atoms with Crippen LogP contribution in [0.2, 0.25) is 0 Å². The second-order valence-electron chi connectivity index (χ2n) is 3.92. The molecule has 4 heteroatoms. The van der Waals surface area contributed by atoms with E-state index in [-0.39, 0.29) is 6.54 Å². The number of carbonyl (C=O) groups is 2. The summed E-state index contributed by atoms with van der Waals surface area (Å²) in [5.41, 5.74) is 5.02. The number of hydrogen-bond donors (Lipinski definition) is 1. The molecule has 0 rings (SSSR count). The quantitative estimate of drug-likeness (QED) is 0.373. The summed E-state index contributed by atoms with van der Waals surface area (Å²) in [5, 5.41) is 0. The van der Waals surface area contributed by atoms with Gasteiger partial charge in [0.05, 0.1) is 6.54 Å². The van der Waals surface area contributed by atoms with Crippen LogP contribution in [0.25, 0.3) is 0 Å². The van der Waals surface area contributed by atoms with Crippen LogP contribution in [0.3, 0.4) is 0 Å². The molecule has 0 saturated carbocycles. The Kier molecular flexibility index (Phi) is 10.0. The first-order chi connectivity index (χ1) is 7.70. The molecule has 2 N–H and O–H groups in total. The minimum absolute atomic E-state index is 0.233.